The van der Waals surface area contributed by atoms with Gasteiger partial charge in [0.1, 0.15) is 11.5 Å². The molecule has 0 N–H and O–H groups in total. The van der Waals surface area contributed by atoms with Gasteiger partial charge in [-0.2, -0.15) is 15.4 Å². The zero-order valence-corrected chi connectivity index (χ0v) is 14.3. The van der Waals surface area contributed by atoms with Crippen LogP contribution in [-0.2, 0) is 9.59 Å². The highest BCUT2D eigenvalue weighted by Gasteiger charge is 2.59. The molecule has 1 aromatic heterocycles. The van der Waals surface area contributed by atoms with Gasteiger partial charge in [-0.1, -0.05) is 24.3 Å². The van der Waals surface area contributed by atoms with E-state index in [1.165, 1.54) is 6.21 Å². The van der Waals surface area contributed by atoms with Gasteiger partial charge in [0.15, 0.2) is 0 Å². The van der Waals surface area contributed by atoms with Crippen molar-refractivity contribution in [3.8, 4) is 17.4 Å². The number of benzene rings is 1. The Hall–Kier alpha value is -3.46. The number of nitrogens with zero attached hydrogens (tertiary/aromatic N) is 3. The van der Waals surface area contributed by atoms with Gasteiger partial charge in [0, 0.05) is 5.56 Å². The quantitative estimate of drug-likeness (QED) is 0.480. The number of rotatable bonds is 3. The molecular weight excluding hydrogens is 342 g/mol. The molecule has 27 heavy (non-hydrogen) atoms. The van der Waals surface area contributed by atoms with Gasteiger partial charge in [0.05, 0.1) is 29.7 Å². The summed E-state index contributed by atoms with van der Waals surface area (Å²) in [6, 6.07) is 12.7. The van der Waals surface area contributed by atoms with E-state index in [4.69, 9.17) is 4.42 Å². The third-order valence-electron chi connectivity index (χ3n) is 5.69. The average Bonchev–Trinajstić information content (AvgIpc) is 3.45. The number of hydrogen-bond acceptors (Lipinski definition) is 5. The van der Waals surface area contributed by atoms with Crippen molar-refractivity contribution in [3.63, 3.8) is 0 Å². The van der Waals surface area contributed by atoms with E-state index < -0.39 is 0 Å². The van der Waals surface area contributed by atoms with E-state index in [0.29, 0.717) is 22.6 Å². The molecule has 2 bridgehead atoms. The van der Waals surface area contributed by atoms with Crippen molar-refractivity contribution in [3.05, 3.63) is 59.9 Å². The van der Waals surface area contributed by atoms with Gasteiger partial charge >= 0.3 is 0 Å². The Balaban J connectivity index is 1.38. The average molecular weight is 357 g/mol. The lowest BCUT2D eigenvalue weighted by Crippen LogP contribution is -2.28. The van der Waals surface area contributed by atoms with Crippen molar-refractivity contribution in [2.45, 2.75) is 6.42 Å². The second-order valence-corrected chi connectivity index (χ2v) is 7.09. The summed E-state index contributed by atoms with van der Waals surface area (Å²) in [5, 5.41) is 14.3. The Morgan fingerprint density at radius 1 is 1.07 bits per heavy atom. The number of hydrogen-bond donors (Lipinski definition) is 0. The lowest BCUT2D eigenvalue weighted by Gasteiger charge is -2.13. The van der Waals surface area contributed by atoms with Crippen LogP contribution in [0.25, 0.3) is 11.3 Å². The van der Waals surface area contributed by atoms with Crippen LogP contribution in [0.15, 0.2) is 58.1 Å². The van der Waals surface area contributed by atoms with Crippen molar-refractivity contribution in [2.24, 2.45) is 28.8 Å². The maximum Gasteiger partial charge on any atom is 0.254 e. The number of carbonyl (C=O) groups excluding carboxylic acids is 2. The van der Waals surface area contributed by atoms with E-state index >= 15 is 0 Å². The molecule has 3 aliphatic rings. The Kier molecular flexibility index (Phi) is 3.37. The highest BCUT2D eigenvalue weighted by molar-refractivity contribution is 6.06. The van der Waals surface area contributed by atoms with Gasteiger partial charge in [-0.3, -0.25) is 9.59 Å². The molecule has 0 unspecified atom stereocenters. The first-order valence-electron chi connectivity index (χ1n) is 8.87. The summed E-state index contributed by atoms with van der Waals surface area (Å²) in [6.07, 6.45) is 6.38. The highest BCUT2D eigenvalue weighted by Crippen LogP contribution is 2.52. The van der Waals surface area contributed by atoms with E-state index in [1.807, 2.05) is 6.07 Å². The molecule has 2 amide bonds. The van der Waals surface area contributed by atoms with Crippen molar-refractivity contribution in [1.29, 1.82) is 5.26 Å². The first-order chi connectivity index (χ1) is 13.2. The van der Waals surface area contributed by atoms with Crippen molar-refractivity contribution < 1.29 is 14.0 Å². The zero-order valence-electron chi connectivity index (χ0n) is 14.3. The number of carbonyl (C=O) groups is 2. The minimum Gasteiger partial charge on any atom is -0.455 e. The van der Waals surface area contributed by atoms with Crippen LogP contribution in [0.2, 0.25) is 0 Å². The van der Waals surface area contributed by atoms with E-state index in [-0.39, 0.29) is 35.5 Å². The number of hydrazone groups is 1. The minimum absolute atomic E-state index is 0.161. The van der Waals surface area contributed by atoms with Crippen LogP contribution < -0.4 is 0 Å². The normalized spacial score (nSPS) is 28.3. The Morgan fingerprint density at radius 2 is 1.78 bits per heavy atom. The predicted molar refractivity (Wildman–Crippen MR) is 96.0 cm³/mol. The molecule has 1 aromatic carbocycles. The largest absolute Gasteiger partial charge is 0.455 e. The van der Waals surface area contributed by atoms with Crippen LogP contribution in [0.1, 0.15) is 17.7 Å². The molecule has 1 saturated heterocycles. The molecule has 2 heterocycles. The predicted octanol–water partition coefficient (Wildman–Crippen LogP) is 2.96. The molecule has 132 valence electrons. The fraction of sp³-hybridized carbons (Fsp3) is 0.238. The number of imide groups is 1. The minimum atomic E-state index is -0.265. The summed E-state index contributed by atoms with van der Waals surface area (Å²) >= 11 is 0. The molecule has 2 fully saturated rings. The molecule has 2 aromatic rings. The van der Waals surface area contributed by atoms with E-state index in [2.05, 4.69) is 23.3 Å². The SMILES string of the molecule is N#Cc1ccccc1-c1ccc(/C=N\N2C(=O)[C@@H]3[C@H](C2=O)[C@H]2C=C[C@H]3C2)o1. The fourth-order valence-corrected chi connectivity index (χ4v) is 4.48. The zero-order chi connectivity index (χ0) is 18.5. The molecule has 4 atom stereocenters. The van der Waals surface area contributed by atoms with E-state index in [9.17, 15) is 14.9 Å². The summed E-state index contributed by atoms with van der Waals surface area (Å²) in [5.74, 6) is 0.296. The van der Waals surface area contributed by atoms with Crippen LogP contribution in [0, 0.1) is 35.0 Å². The Labute approximate surface area is 155 Å². The standard InChI is InChI=1S/C21H15N3O3/c22-10-14-3-1-2-4-16(14)17-8-7-15(27-17)11-23-24-20(25)18-12-5-6-13(9-12)19(18)21(24)26/h1-8,11-13,18-19H,9H2/b23-11-/t12-,13-,18-,19+/m0/s1. The lowest BCUT2D eigenvalue weighted by atomic mass is 9.85. The van der Waals surface area contributed by atoms with E-state index in [1.54, 1.807) is 30.3 Å². The maximum atomic E-state index is 12.6. The third kappa shape index (κ3) is 2.28. The van der Waals surface area contributed by atoms with Crippen molar-refractivity contribution in [1.82, 2.24) is 5.01 Å². The monoisotopic (exact) mass is 357 g/mol. The van der Waals surface area contributed by atoms with Crippen molar-refractivity contribution in [2.75, 3.05) is 0 Å². The van der Waals surface area contributed by atoms with Crippen LogP contribution in [0.3, 0.4) is 0 Å². The summed E-state index contributed by atoms with van der Waals surface area (Å²) in [7, 11) is 0. The topological polar surface area (TPSA) is 86.7 Å². The summed E-state index contributed by atoms with van der Waals surface area (Å²) in [4.78, 5) is 25.2. The van der Waals surface area contributed by atoms with Gasteiger partial charge in [0.2, 0.25) is 0 Å². The molecule has 6 nitrogen and oxygen atoms in total. The molecular formula is C21H15N3O3. The second-order valence-electron chi connectivity index (χ2n) is 7.09. The first-order valence-corrected chi connectivity index (χ1v) is 8.87. The number of nitriles is 1. The van der Waals surface area contributed by atoms with Crippen molar-refractivity contribution >= 4 is 18.0 Å². The van der Waals surface area contributed by atoms with Crippen LogP contribution in [0.5, 0.6) is 0 Å². The molecule has 0 radical (unpaired) electrons. The Morgan fingerprint density at radius 3 is 2.48 bits per heavy atom. The second kappa shape index (κ2) is 5.78. The fourth-order valence-electron chi connectivity index (χ4n) is 4.48. The number of fused-ring (bicyclic) bond motifs is 5. The lowest BCUT2D eigenvalue weighted by molar-refractivity contribution is -0.140. The number of allylic oxidation sites excluding steroid dienone is 2. The van der Waals surface area contributed by atoms with Crippen LogP contribution in [-0.4, -0.2) is 23.0 Å². The van der Waals surface area contributed by atoms with Gasteiger partial charge < -0.3 is 4.42 Å². The number of furan rings is 1. The molecule has 1 saturated carbocycles. The van der Waals surface area contributed by atoms with E-state index in [0.717, 1.165) is 11.4 Å². The van der Waals surface area contributed by atoms with Gasteiger partial charge in [-0.15, -0.1) is 0 Å². The van der Waals surface area contributed by atoms with Crippen LogP contribution in [0.4, 0.5) is 0 Å². The molecule has 1 aliphatic heterocycles. The molecule has 2 aliphatic carbocycles. The summed E-state index contributed by atoms with van der Waals surface area (Å²) in [5.41, 5.74) is 1.20. The van der Waals surface area contributed by atoms with Crippen LogP contribution >= 0.6 is 0 Å². The molecule has 5 rings (SSSR count). The van der Waals surface area contributed by atoms with Gasteiger partial charge in [-0.25, -0.2) is 0 Å². The maximum absolute atomic E-state index is 12.6. The molecule has 0 spiro atoms. The summed E-state index contributed by atoms with van der Waals surface area (Å²) < 4.78 is 5.73. The third-order valence-corrected chi connectivity index (χ3v) is 5.69. The summed E-state index contributed by atoms with van der Waals surface area (Å²) in [6.45, 7) is 0. The highest BCUT2D eigenvalue weighted by atomic mass is 16.3. The smallest absolute Gasteiger partial charge is 0.254 e. The van der Waals surface area contributed by atoms with Gasteiger partial charge in [-0.05, 0) is 42.5 Å². The first kappa shape index (κ1) is 15.8. The van der Waals surface area contributed by atoms with Gasteiger partial charge in [0.25, 0.3) is 11.8 Å². The molecule has 6 heteroatoms. The Bertz CT molecular complexity index is 1030. The number of amides is 2.